The predicted octanol–water partition coefficient (Wildman–Crippen LogP) is 16.1. The fraction of sp³-hybridized carbons (Fsp3) is 0.923. The highest BCUT2D eigenvalue weighted by atomic mass is 16.8. The fourth-order valence-corrected chi connectivity index (χ4v) is 6.80. The Morgan fingerprint density at radius 3 is 0.831 bits per heavy atom. The Bertz CT molecular complexity index is 734. The molecule has 0 radical (unpaired) electrons. The normalized spacial score (nSPS) is 13.3. The summed E-state index contributed by atoms with van der Waals surface area (Å²) in [4.78, 5) is 0. The molecule has 0 aliphatic carbocycles. The molecule has 0 aliphatic heterocycles. The van der Waals surface area contributed by atoms with Crippen molar-refractivity contribution < 1.29 is 33.2 Å². The molecule has 0 heterocycles. The second kappa shape index (κ2) is 49.9. The maximum absolute atomic E-state index is 6.49. The van der Waals surface area contributed by atoms with Gasteiger partial charge < -0.3 is 33.2 Å². The van der Waals surface area contributed by atoms with Gasteiger partial charge in [-0.3, -0.25) is 0 Å². The Labute approximate surface area is 368 Å². The molecule has 0 fully saturated rings. The van der Waals surface area contributed by atoms with Crippen LogP contribution in [0.3, 0.4) is 0 Å². The van der Waals surface area contributed by atoms with Crippen LogP contribution in [-0.2, 0) is 33.2 Å². The average molecular weight is 839 g/mol. The van der Waals surface area contributed by atoms with Crippen LogP contribution in [0, 0.1) is 0 Å². The van der Waals surface area contributed by atoms with Gasteiger partial charge in [0, 0.05) is 39.3 Å². The minimum absolute atomic E-state index is 0.173. The third kappa shape index (κ3) is 43.6. The monoisotopic (exact) mass is 839 g/mol. The van der Waals surface area contributed by atoms with Gasteiger partial charge in [0.05, 0.1) is 13.2 Å². The summed E-state index contributed by atoms with van der Waals surface area (Å²) in [5, 5.41) is 0. The van der Waals surface area contributed by atoms with Crippen molar-refractivity contribution in [2.45, 2.75) is 272 Å². The lowest BCUT2D eigenvalue weighted by molar-refractivity contribution is -0.208. The highest BCUT2D eigenvalue weighted by Gasteiger charge is 2.15. The van der Waals surface area contributed by atoms with Crippen molar-refractivity contribution in [3.8, 4) is 0 Å². The molecule has 0 amide bonds. The molecule has 0 rings (SSSR count). The van der Waals surface area contributed by atoms with Gasteiger partial charge in [0.15, 0.2) is 25.2 Å². The van der Waals surface area contributed by atoms with Crippen LogP contribution >= 0.6 is 0 Å². The predicted molar refractivity (Wildman–Crippen MR) is 252 cm³/mol. The zero-order valence-corrected chi connectivity index (χ0v) is 40.3. The summed E-state index contributed by atoms with van der Waals surface area (Å²) in [7, 11) is 0. The van der Waals surface area contributed by atoms with Crippen LogP contribution in [-0.4, -0.2) is 64.8 Å². The zero-order chi connectivity index (χ0) is 43.0. The molecule has 2 atom stereocenters. The average Bonchev–Trinajstić information content (AvgIpc) is 3.24. The molecule has 0 aromatic rings. The van der Waals surface area contributed by atoms with Gasteiger partial charge >= 0.3 is 0 Å². The van der Waals surface area contributed by atoms with Crippen molar-refractivity contribution >= 4 is 0 Å². The Balaban J connectivity index is 5.35. The first-order valence-electron chi connectivity index (χ1n) is 25.8. The van der Waals surface area contributed by atoms with Crippen LogP contribution < -0.4 is 0 Å². The van der Waals surface area contributed by atoms with Crippen LogP contribution in [0.4, 0.5) is 0 Å². The minimum Gasteiger partial charge on any atom is -0.353 e. The van der Waals surface area contributed by atoms with Crippen molar-refractivity contribution in [2.24, 2.45) is 0 Å². The van der Waals surface area contributed by atoms with E-state index in [4.69, 9.17) is 33.2 Å². The van der Waals surface area contributed by atoms with Gasteiger partial charge in [-0.1, -0.05) is 195 Å². The molecule has 0 aromatic heterocycles. The number of hydrogen-bond donors (Lipinski definition) is 0. The van der Waals surface area contributed by atoms with Crippen molar-refractivity contribution in [1.82, 2.24) is 0 Å². The van der Waals surface area contributed by atoms with Crippen LogP contribution in [0.5, 0.6) is 0 Å². The van der Waals surface area contributed by atoms with Gasteiger partial charge in [-0.15, -0.1) is 0 Å². The van der Waals surface area contributed by atoms with E-state index in [9.17, 15) is 0 Å². The van der Waals surface area contributed by atoms with E-state index < -0.39 is 12.6 Å². The van der Waals surface area contributed by atoms with Gasteiger partial charge in [-0.05, 0) is 63.5 Å². The van der Waals surface area contributed by atoms with Gasteiger partial charge in [0.1, 0.15) is 0 Å². The SMILES string of the molecule is CCCCCCCCOC(CCC=CC(OCCCC)OC(C=CCCC(OCCCCCCCC)OCCCCCCCC)OCCCC)OCCCCCCCC. The highest BCUT2D eigenvalue weighted by Crippen LogP contribution is 2.16. The van der Waals surface area contributed by atoms with E-state index in [0.717, 1.165) is 103 Å². The zero-order valence-electron chi connectivity index (χ0n) is 40.3. The van der Waals surface area contributed by atoms with Crippen molar-refractivity contribution in [3.63, 3.8) is 0 Å². The molecule has 0 bridgehead atoms. The number of ether oxygens (including phenoxy) is 7. The molecule has 0 N–H and O–H groups in total. The first-order chi connectivity index (χ1) is 29.1. The van der Waals surface area contributed by atoms with E-state index in [2.05, 4.69) is 65.8 Å². The van der Waals surface area contributed by atoms with Gasteiger partial charge in [-0.2, -0.15) is 0 Å². The third-order valence-electron chi connectivity index (χ3n) is 10.8. The smallest absolute Gasteiger partial charge is 0.180 e. The molecule has 0 aliphatic rings. The summed E-state index contributed by atoms with van der Waals surface area (Å²) in [6.07, 6.45) is 44.8. The van der Waals surface area contributed by atoms with Gasteiger partial charge in [-0.25, -0.2) is 0 Å². The lowest BCUT2D eigenvalue weighted by Crippen LogP contribution is -2.25. The molecular weight excluding hydrogens is 737 g/mol. The van der Waals surface area contributed by atoms with E-state index in [0.29, 0.717) is 13.2 Å². The first-order valence-corrected chi connectivity index (χ1v) is 25.8. The van der Waals surface area contributed by atoms with E-state index in [1.807, 2.05) is 0 Å². The Kier molecular flexibility index (Phi) is 49.2. The number of hydrogen-bond acceptors (Lipinski definition) is 7. The molecule has 7 nitrogen and oxygen atoms in total. The highest BCUT2D eigenvalue weighted by molar-refractivity contribution is 4.90. The molecule has 0 spiro atoms. The van der Waals surface area contributed by atoms with Gasteiger partial charge in [0.2, 0.25) is 0 Å². The van der Waals surface area contributed by atoms with Gasteiger partial charge in [0.25, 0.3) is 0 Å². The van der Waals surface area contributed by atoms with E-state index in [1.54, 1.807) is 0 Å². The van der Waals surface area contributed by atoms with Crippen molar-refractivity contribution in [2.75, 3.05) is 39.6 Å². The third-order valence-corrected chi connectivity index (χ3v) is 10.8. The Hall–Kier alpha value is -0.800. The maximum atomic E-state index is 6.49. The lowest BCUT2D eigenvalue weighted by atomic mass is 10.1. The Morgan fingerprint density at radius 2 is 0.542 bits per heavy atom. The quantitative estimate of drug-likeness (QED) is 0.0343. The number of allylic oxidation sites excluding steroid dienone is 2. The largest absolute Gasteiger partial charge is 0.353 e. The van der Waals surface area contributed by atoms with Crippen LogP contribution in [0.25, 0.3) is 0 Å². The van der Waals surface area contributed by atoms with Crippen LogP contribution in [0.15, 0.2) is 24.3 Å². The Morgan fingerprint density at radius 1 is 0.288 bits per heavy atom. The second-order valence-corrected chi connectivity index (χ2v) is 16.7. The standard InChI is InChI=1S/C52H102O7/c1-7-13-19-23-27-35-45-53-49(54-46-36-28-24-20-14-8-2)39-31-33-41-51(57-43-17-11-5)59-52(58-44-18-12-6)42-34-32-40-50(55-47-37-29-25-21-15-9-3)56-48-38-30-26-22-16-10-4/h33-34,41-42,49-52H,7-32,35-40,43-48H2,1-6H3. The molecule has 0 aromatic carbocycles. The summed E-state index contributed by atoms with van der Waals surface area (Å²) >= 11 is 0. The first kappa shape index (κ1) is 58.2. The molecule has 0 saturated heterocycles. The van der Waals surface area contributed by atoms with Crippen molar-refractivity contribution in [1.29, 1.82) is 0 Å². The topological polar surface area (TPSA) is 64.6 Å². The van der Waals surface area contributed by atoms with E-state index >= 15 is 0 Å². The van der Waals surface area contributed by atoms with Crippen LogP contribution in [0.2, 0.25) is 0 Å². The summed E-state index contributed by atoms with van der Waals surface area (Å²) < 4.78 is 44.2. The number of rotatable bonds is 50. The van der Waals surface area contributed by atoms with Crippen LogP contribution in [0.1, 0.15) is 247 Å². The summed E-state index contributed by atoms with van der Waals surface area (Å²) in [6.45, 7) is 17.8. The van der Waals surface area contributed by atoms with E-state index in [1.165, 1.54) is 128 Å². The summed E-state index contributed by atoms with van der Waals surface area (Å²) in [5.41, 5.74) is 0. The number of unbranched alkanes of at least 4 members (excludes halogenated alkanes) is 22. The lowest BCUT2D eigenvalue weighted by Gasteiger charge is -2.22. The molecule has 59 heavy (non-hydrogen) atoms. The second-order valence-electron chi connectivity index (χ2n) is 16.7. The molecule has 7 heteroatoms. The fourth-order valence-electron chi connectivity index (χ4n) is 6.80. The van der Waals surface area contributed by atoms with Crippen molar-refractivity contribution in [3.05, 3.63) is 24.3 Å². The summed E-state index contributed by atoms with van der Waals surface area (Å²) in [6, 6.07) is 0. The maximum Gasteiger partial charge on any atom is 0.180 e. The minimum atomic E-state index is -0.488. The summed E-state index contributed by atoms with van der Waals surface area (Å²) in [5.74, 6) is 0. The molecular formula is C52H102O7. The molecule has 0 saturated carbocycles. The molecule has 2 unspecified atom stereocenters. The van der Waals surface area contributed by atoms with E-state index in [-0.39, 0.29) is 12.6 Å². The molecule has 352 valence electrons.